The summed E-state index contributed by atoms with van der Waals surface area (Å²) < 4.78 is 10.2. The van der Waals surface area contributed by atoms with Gasteiger partial charge in [-0.15, -0.1) is 0 Å². The van der Waals surface area contributed by atoms with E-state index in [0.29, 0.717) is 23.7 Å². The summed E-state index contributed by atoms with van der Waals surface area (Å²) in [6.45, 7) is 5.54. The number of hydrogen-bond acceptors (Lipinski definition) is 6. The first-order valence-corrected chi connectivity index (χ1v) is 7.10. The molecule has 23 heavy (non-hydrogen) atoms. The Balaban J connectivity index is 2.98. The van der Waals surface area contributed by atoms with Gasteiger partial charge in [0.1, 0.15) is 11.8 Å². The standard InChI is InChI=1S/C16H19N3O4/c1-4-22-15-7-6-13(8-14(15)19-11(3)20)18-10-12(9-17)16(21)23-5-2/h6-8,10,18H,4-5H2,1-3H3,(H,19,20)/b12-10-. The van der Waals surface area contributed by atoms with Gasteiger partial charge in [0.2, 0.25) is 5.91 Å². The number of nitrogens with one attached hydrogen (secondary N) is 2. The summed E-state index contributed by atoms with van der Waals surface area (Å²) in [7, 11) is 0. The molecular weight excluding hydrogens is 298 g/mol. The van der Waals surface area contributed by atoms with Gasteiger partial charge in [0.05, 0.1) is 18.9 Å². The Morgan fingerprint density at radius 1 is 1.30 bits per heavy atom. The molecule has 0 aliphatic heterocycles. The molecule has 0 atom stereocenters. The predicted molar refractivity (Wildman–Crippen MR) is 85.9 cm³/mol. The molecule has 7 nitrogen and oxygen atoms in total. The highest BCUT2D eigenvalue weighted by Crippen LogP contribution is 2.28. The number of nitriles is 1. The quantitative estimate of drug-likeness (QED) is 0.455. The third kappa shape index (κ3) is 5.71. The predicted octanol–water partition coefficient (Wildman–Crippen LogP) is 2.43. The van der Waals surface area contributed by atoms with Crippen molar-refractivity contribution in [3.05, 3.63) is 30.0 Å². The third-order valence-electron chi connectivity index (χ3n) is 2.59. The second-order valence-electron chi connectivity index (χ2n) is 4.36. The van der Waals surface area contributed by atoms with E-state index in [-0.39, 0.29) is 18.1 Å². The fourth-order valence-corrected chi connectivity index (χ4v) is 1.69. The molecule has 0 bridgehead atoms. The maximum atomic E-state index is 11.5. The number of benzene rings is 1. The summed E-state index contributed by atoms with van der Waals surface area (Å²) in [5, 5.41) is 14.4. The molecule has 1 aromatic carbocycles. The molecule has 0 unspecified atom stereocenters. The number of amides is 1. The number of carbonyl (C=O) groups is 2. The van der Waals surface area contributed by atoms with Crippen molar-refractivity contribution in [2.24, 2.45) is 0 Å². The van der Waals surface area contributed by atoms with Crippen molar-refractivity contribution in [1.29, 1.82) is 5.26 Å². The molecule has 0 aromatic heterocycles. The van der Waals surface area contributed by atoms with Crippen molar-refractivity contribution in [3.8, 4) is 11.8 Å². The van der Waals surface area contributed by atoms with Crippen LogP contribution in [0.3, 0.4) is 0 Å². The normalized spacial score (nSPS) is 10.4. The summed E-state index contributed by atoms with van der Waals surface area (Å²) in [5.41, 5.74) is 0.920. The monoisotopic (exact) mass is 317 g/mol. The van der Waals surface area contributed by atoms with Gasteiger partial charge in [-0.25, -0.2) is 4.79 Å². The van der Waals surface area contributed by atoms with E-state index in [1.165, 1.54) is 13.1 Å². The van der Waals surface area contributed by atoms with Crippen molar-refractivity contribution in [2.45, 2.75) is 20.8 Å². The van der Waals surface area contributed by atoms with Crippen LogP contribution in [0.4, 0.5) is 11.4 Å². The number of anilines is 2. The number of carbonyl (C=O) groups excluding carboxylic acids is 2. The molecule has 1 aromatic rings. The van der Waals surface area contributed by atoms with Crippen molar-refractivity contribution in [3.63, 3.8) is 0 Å². The Kier molecular flexibility index (Phi) is 7.14. The molecule has 7 heteroatoms. The zero-order valence-electron chi connectivity index (χ0n) is 13.3. The molecule has 1 amide bonds. The van der Waals surface area contributed by atoms with Crippen LogP contribution in [-0.2, 0) is 14.3 Å². The Morgan fingerprint density at radius 3 is 2.61 bits per heavy atom. The fourth-order valence-electron chi connectivity index (χ4n) is 1.69. The van der Waals surface area contributed by atoms with Gasteiger partial charge in [-0.1, -0.05) is 0 Å². The largest absolute Gasteiger partial charge is 0.492 e. The number of hydrogen-bond donors (Lipinski definition) is 2. The number of esters is 1. The molecule has 0 saturated heterocycles. The van der Waals surface area contributed by atoms with Crippen LogP contribution in [0, 0.1) is 11.3 Å². The van der Waals surface area contributed by atoms with Crippen LogP contribution in [0.1, 0.15) is 20.8 Å². The van der Waals surface area contributed by atoms with E-state index in [1.807, 2.05) is 6.92 Å². The van der Waals surface area contributed by atoms with Gasteiger partial charge in [-0.05, 0) is 32.0 Å². The van der Waals surface area contributed by atoms with Gasteiger partial charge in [-0.3, -0.25) is 4.79 Å². The second kappa shape index (κ2) is 9.10. The van der Waals surface area contributed by atoms with Gasteiger partial charge in [0.15, 0.2) is 5.57 Å². The summed E-state index contributed by atoms with van der Waals surface area (Å²) in [6.07, 6.45) is 1.26. The summed E-state index contributed by atoms with van der Waals surface area (Å²) in [6, 6.07) is 6.79. The SMILES string of the molecule is CCOC(=O)/C(C#N)=C\Nc1ccc(OCC)c(NC(C)=O)c1. The lowest BCUT2D eigenvalue weighted by Gasteiger charge is -2.12. The zero-order chi connectivity index (χ0) is 17.2. The molecule has 0 heterocycles. The first-order chi connectivity index (χ1) is 11.0. The minimum absolute atomic E-state index is 0.151. The van der Waals surface area contributed by atoms with E-state index in [4.69, 9.17) is 14.7 Å². The van der Waals surface area contributed by atoms with E-state index in [9.17, 15) is 9.59 Å². The highest BCUT2D eigenvalue weighted by atomic mass is 16.5. The van der Waals surface area contributed by atoms with E-state index < -0.39 is 5.97 Å². The second-order valence-corrected chi connectivity index (χ2v) is 4.36. The first-order valence-electron chi connectivity index (χ1n) is 7.10. The van der Waals surface area contributed by atoms with Crippen molar-refractivity contribution >= 4 is 23.3 Å². The van der Waals surface area contributed by atoms with Crippen LogP contribution in [0.2, 0.25) is 0 Å². The molecule has 0 spiro atoms. The highest BCUT2D eigenvalue weighted by Gasteiger charge is 2.10. The lowest BCUT2D eigenvalue weighted by Crippen LogP contribution is -2.09. The van der Waals surface area contributed by atoms with Gasteiger partial charge in [0, 0.05) is 18.8 Å². The van der Waals surface area contributed by atoms with Gasteiger partial charge < -0.3 is 20.1 Å². The lowest BCUT2D eigenvalue weighted by molar-refractivity contribution is -0.138. The maximum absolute atomic E-state index is 11.5. The minimum Gasteiger partial charge on any atom is -0.492 e. The topological polar surface area (TPSA) is 100 Å². The van der Waals surface area contributed by atoms with Crippen LogP contribution in [-0.4, -0.2) is 25.1 Å². The first kappa shape index (κ1) is 18.0. The summed E-state index contributed by atoms with van der Waals surface area (Å²) >= 11 is 0. The fraction of sp³-hybridized carbons (Fsp3) is 0.312. The average molecular weight is 317 g/mol. The maximum Gasteiger partial charge on any atom is 0.350 e. The number of rotatable bonds is 7. The molecule has 0 aliphatic rings. The number of ether oxygens (including phenoxy) is 2. The minimum atomic E-state index is -0.699. The van der Waals surface area contributed by atoms with E-state index in [0.717, 1.165) is 0 Å². The average Bonchev–Trinajstić information content (AvgIpc) is 2.50. The van der Waals surface area contributed by atoms with Gasteiger partial charge >= 0.3 is 5.97 Å². The summed E-state index contributed by atoms with van der Waals surface area (Å²) in [5.74, 6) is -0.401. The highest BCUT2D eigenvalue weighted by molar-refractivity contribution is 5.93. The van der Waals surface area contributed by atoms with Gasteiger partial charge in [-0.2, -0.15) is 5.26 Å². The zero-order valence-corrected chi connectivity index (χ0v) is 13.3. The number of nitrogens with zero attached hydrogens (tertiary/aromatic N) is 1. The molecule has 1 rings (SSSR count). The van der Waals surface area contributed by atoms with Crippen LogP contribution < -0.4 is 15.4 Å². The molecule has 0 fully saturated rings. The van der Waals surface area contributed by atoms with Gasteiger partial charge in [0.25, 0.3) is 0 Å². The van der Waals surface area contributed by atoms with Crippen LogP contribution >= 0.6 is 0 Å². The molecule has 0 aliphatic carbocycles. The van der Waals surface area contributed by atoms with E-state index >= 15 is 0 Å². The van der Waals surface area contributed by atoms with E-state index in [1.54, 1.807) is 31.2 Å². The van der Waals surface area contributed by atoms with E-state index in [2.05, 4.69) is 10.6 Å². The Labute approximate surface area is 134 Å². The van der Waals surface area contributed by atoms with Crippen LogP contribution in [0.15, 0.2) is 30.0 Å². The molecule has 2 N–H and O–H groups in total. The van der Waals surface area contributed by atoms with Crippen molar-refractivity contribution < 1.29 is 19.1 Å². The Hall–Kier alpha value is -3.01. The Bertz CT molecular complexity index is 647. The van der Waals surface area contributed by atoms with Crippen LogP contribution in [0.25, 0.3) is 0 Å². The molecular formula is C16H19N3O4. The lowest BCUT2D eigenvalue weighted by atomic mass is 10.2. The Morgan fingerprint density at radius 2 is 2.04 bits per heavy atom. The molecule has 0 radical (unpaired) electrons. The molecule has 0 saturated carbocycles. The smallest absolute Gasteiger partial charge is 0.350 e. The van der Waals surface area contributed by atoms with Crippen LogP contribution in [0.5, 0.6) is 5.75 Å². The van der Waals surface area contributed by atoms with Crippen molar-refractivity contribution in [2.75, 3.05) is 23.8 Å². The summed E-state index contributed by atoms with van der Waals surface area (Å²) in [4.78, 5) is 22.8. The molecule has 122 valence electrons. The van der Waals surface area contributed by atoms with Crippen molar-refractivity contribution in [1.82, 2.24) is 0 Å². The third-order valence-corrected chi connectivity index (χ3v) is 2.59.